The first kappa shape index (κ1) is 10.7. The van der Waals surface area contributed by atoms with E-state index < -0.39 is 0 Å². The quantitative estimate of drug-likeness (QED) is 0.725. The molecule has 1 aromatic carbocycles. The molecule has 0 radical (unpaired) electrons. The molecular weight excluding hydrogens is 194 g/mol. The summed E-state index contributed by atoms with van der Waals surface area (Å²) in [7, 11) is 0. The van der Waals surface area contributed by atoms with Crippen LogP contribution < -0.4 is 0 Å². The number of H-pyrrole nitrogens is 1. The normalized spacial score (nSPS) is 10.6. The Morgan fingerprint density at radius 2 is 2.19 bits per heavy atom. The van der Waals surface area contributed by atoms with Gasteiger partial charge in [0.2, 0.25) is 0 Å². The van der Waals surface area contributed by atoms with E-state index in [2.05, 4.69) is 49.3 Å². The van der Waals surface area contributed by atoms with E-state index in [-0.39, 0.29) is 0 Å². The minimum absolute atomic E-state index is 0.827. The highest BCUT2D eigenvalue weighted by atomic mass is 14.7. The molecule has 2 aromatic rings. The van der Waals surface area contributed by atoms with E-state index in [9.17, 15) is 0 Å². The second-order valence-electron chi connectivity index (χ2n) is 4.05. The molecule has 0 fully saturated rings. The lowest BCUT2D eigenvalue weighted by Gasteiger charge is -1.96. The van der Waals surface area contributed by atoms with E-state index >= 15 is 0 Å². The molecule has 2 rings (SSSR count). The molecule has 0 aliphatic rings. The second kappa shape index (κ2) is 4.40. The molecule has 0 bridgehead atoms. The summed E-state index contributed by atoms with van der Waals surface area (Å²) in [5.41, 5.74) is 4.75. The van der Waals surface area contributed by atoms with Crippen LogP contribution in [-0.2, 0) is 6.42 Å². The Balaban J connectivity index is 2.43. The number of rotatable bonds is 4. The summed E-state index contributed by atoms with van der Waals surface area (Å²) in [6.07, 6.45) is 3.78. The zero-order chi connectivity index (χ0) is 11.5. The van der Waals surface area contributed by atoms with Gasteiger partial charge in [0, 0.05) is 16.6 Å². The van der Waals surface area contributed by atoms with Crippen LogP contribution in [0.5, 0.6) is 0 Å². The molecular formula is C15H17N. The fourth-order valence-corrected chi connectivity index (χ4v) is 1.88. The van der Waals surface area contributed by atoms with Crippen molar-refractivity contribution in [3.8, 4) is 0 Å². The fraction of sp³-hybridized carbons (Fsp3) is 0.200. The van der Waals surface area contributed by atoms with Crippen molar-refractivity contribution in [3.05, 3.63) is 54.8 Å². The number of aromatic nitrogens is 1. The maximum atomic E-state index is 4.05. The molecule has 1 heterocycles. The summed E-state index contributed by atoms with van der Waals surface area (Å²) in [5, 5.41) is 1.26. The van der Waals surface area contributed by atoms with Crippen LogP contribution in [0.4, 0.5) is 0 Å². The first-order chi connectivity index (χ1) is 7.74. The Bertz CT molecular complexity index is 531. The van der Waals surface area contributed by atoms with Crippen LogP contribution >= 0.6 is 0 Å². The van der Waals surface area contributed by atoms with Gasteiger partial charge >= 0.3 is 0 Å². The van der Waals surface area contributed by atoms with E-state index in [1.54, 1.807) is 0 Å². The SMILES string of the molecule is C=CCC(=C)c1cc2cc(CC)ccc2[nH]1. The van der Waals surface area contributed by atoms with Crippen molar-refractivity contribution in [2.24, 2.45) is 0 Å². The van der Waals surface area contributed by atoms with E-state index in [0.717, 1.165) is 24.1 Å². The minimum Gasteiger partial charge on any atom is -0.355 e. The van der Waals surface area contributed by atoms with Crippen LogP contribution in [-0.4, -0.2) is 4.98 Å². The first-order valence-corrected chi connectivity index (χ1v) is 5.65. The summed E-state index contributed by atoms with van der Waals surface area (Å²) >= 11 is 0. The maximum absolute atomic E-state index is 4.05. The first-order valence-electron chi connectivity index (χ1n) is 5.65. The highest BCUT2D eigenvalue weighted by Gasteiger charge is 2.03. The summed E-state index contributed by atoms with van der Waals surface area (Å²) in [6, 6.07) is 8.70. The predicted octanol–water partition coefficient (Wildman–Crippen LogP) is 4.32. The van der Waals surface area contributed by atoms with Crippen molar-refractivity contribution < 1.29 is 0 Å². The summed E-state index contributed by atoms with van der Waals surface area (Å²) in [6.45, 7) is 9.95. The zero-order valence-corrected chi connectivity index (χ0v) is 9.72. The maximum Gasteiger partial charge on any atom is 0.0458 e. The molecule has 0 amide bonds. The van der Waals surface area contributed by atoms with Crippen LogP contribution in [0.25, 0.3) is 16.5 Å². The third kappa shape index (κ3) is 1.94. The Labute approximate surface area is 96.5 Å². The standard InChI is InChI=1S/C15H17N/c1-4-6-11(3)15-10-13-9-12(5-2)7-8-14(13)16-15/h4,7-10,16H,1,3,5-6H2,2H3. The highest BCUT2D eigenvalue weighted by molar-refractivity contribution is 5.85. The molecule has 1 nitrogen and oxygen atoms in total. The van der Waals surface area contributed by atoms with Crippen molar-refractivity contribution in [1.82, 2.24) is 4.98 Å². The zero-order valence-electron chi connectivity index (χ0n) is 9.72. The van der Waals surface area contributed by atoms with Crippen LogP contribution in [0, 0.1) is 0 Å². The van der Waals surface area contributed by atoms with Crippen LogP contribution in [0.15, 0.2) is 43.5 Å². The van der Waals surface area contributed by atoms with Gasteiger partial charge in [-0.05, 0) is 42.2 Å². The molecule has 0 aliphatic carbocycles. The molecule has 0 unspecified atom stereocenters. The molecule has 0 aliphatic heterocycles. The van der Waals surface area contributed by atoms with Gasteiger partial charge in [-0.2, -0.15) is 0 Å². The Morgan fingerprint density at radius 3 is 2.88 bits per heavy atom. The van der Waals surface area contributed by atoms with Gasteiger partial charge in [0.1, 0.15) is 0 Å². The highest BCUT2D eigenvalue weighted by Crippen LogP contribution is 2.23. The Morgan fingerprint density at radius 1 is 1.38 bits per heavy atom. The van der Waals surface area contributed by atoms with Crippen molar-refractivity contribution in [2.75, 3.05) is 0 Å². The van der Waals surface area contributed by atoms with Crippen molar-refractivity contribution in [2.45, 2.75) is 19.8 Å². The van der Waals surface area contributed by atoms with Crippen LogP contribution in [0.3, 0.4) is 0 Å². The number of allylic oxidation sites excluding steroid dienone is 2. The lowest BCUT2D eigenvalue weighted by Crippen LogP contribution is -1.79. The Hall–Kier alpha value is -1.76. The molecule has 1 N–H and O–H groups in total. The molecule has 0 spiro atoms. The number of benzene rings is 1. The second-order valence-corrected chi connectivity index (χ2v) is 4.05. The summed E-state index contributed by atoms with van der Waals surface area (Å²) < 4.78 is 0. The lowest BCUT2D eigenvalue weighted by atomic mass is 10.1. The van der Waals surface area contributed by atoms with Gasteiger partial charge in [-0.3, -0.25) is 0 Å². The summed E-state index contributed by atoms with van der Waals surface area (Å²) in [5.74, 6) is 0. The third-order valence-electron chi connectivity index (χ3n) is 2.87. The molecule has 0 atom stereocenters. The van der Waals surface area contributed by atoms with Crippen LogP contribution in [0.1, 0.15) is 24.6 Å². The van der Waals surface area contributed by atoms with Gasteiger partial charge in [-0.25, -0.2) is 0 Å². The smallest absolute Gasteiger partial charge is 0.0458 e. The van der Waals surface area contributed by atoms with E-state index in [1.807, 2.05) is 6.08 Å². The van der Waals surface area contributed by atoms with Gasteiger partial charge in [-0.1, -0.05) is 25.6 Å². The third-order valence-corrected chi connectivity index (χ3v) is 2.87. The molecule has 1 aromatic heterocycles. The predicted molar refractivity (Wildman–Crippen MR) is 71.5 cm³/mol. The topological polar surface area (TPSA) is 15.8 Å². The van der Waals surface area contributed by atoms with Crippen molar-refractivity contribution in [1.29, 1.82) is 0 Å². The van der Waals surface area contributed by atoms with Gasteiger partial charge < -0.3 is 4.98 Å². The number of hydrogen-bond donors (Lipinski definition) is 1. The molecule has 0 saturated heterocycles. The fourth-order valence-electron chi connectivity index (χ4n) is 1.88. The average Bonchev–Trinajstić information content (AvgIpc) is 2.71. The number of aryl methyl sites for hydroxylation is 1. The van der Waals surface area contributed by atoms with Gasteiger partial charge in [-0.15, -0.1) is 6.58 Å². The number of fused-ring (bicyclic) bond motifs is 1. The summed E-state index contributed by atoms with van der Waals surface area (Å²) in [4.78, 5) is 3.38. The van der Waals surface area contributed by atoms with Crippen molar-refractivity contribution >= 4 is 16.5 Å². The van der Waals surface area contributed by atoms with Crippen LogP contribution in [0.2, 0.25) is 0 Å². The molecule has 1 heteroatoms. The Kier molecular flexibility index (Phi) is 2.95. The largest absolute Gasteiger partial charge is 0.355 e. The van der Waals surface area contributed by atoms with E-state index in [1.165, 1.54) is 16.5 Å². The van der Waals surface area contributed by atoms with Gasteiger partial charge in [0.15, 0.2) is 0 Å². The van der Waals surface area contributed by atoms with E-state index in [0.29, 0.717) is 0 Å². The molecule has 16 heavy (non-hydrogen) atoms. The minimum atomic E-state index is 0.827. The molecule has 0 saturated carbocycles. The molecule has 82 valence electrons. The number of aromatic amines is 1. The van der Waals surface area contributed by atoms with Gasteiger partial charge in [0.05, 0.1) is 0 Å². The average molecular weight is 211 g/mol. The lowest BCUT2D eigenvalue weighted by molar-refractivity contribution is 1.15. The van der Waals surface area contributed by atoms with E-state index in [4.69, 9.17) is 0 Å². The van der Waals surface area contributed by atoms with Crippen molar-refractivity contribution in [3.63, 3.8) is 0 Å². The number of hydrogen-bond acceptors (Lipinski definition) is 0. The monoisotopic (exact) mass is 211 g/mol. The number of nitrogens with one attached hydrogen (secondary N) is 1. The van der Waals surface area contributed by atoms with Gasteiger partial charge in [0.25, 0.3) is 0 Å².